The average molecular weight is 380 g/mol. The van der Waals surface area contributed by atoms with Crippen LogP contribution in [0.2, 0.25) is 0 Å². The summed E-state index contributed by atoms with van der Waals surface area (Å²) >= 11 is 3.42. The molecule has 0 fully saturated rings. The summed E-state index contributed by atoms with van der Waals surface area (Å²) in [6.45, 7) is 4.44. The van der Waals surface area contributed by atoms with Gasteiger partial charge in [-0.3, -0.25) is 4.31 Å². The highest BCUT2D eigenvalue weighted by atomic mass is 79.9. The van der Waals surface area contributed by atoms with Gasteiger partial charge in [-0.1, -0.05) is 18.2 Å². The summed E-state index contributed by atoms with van der Waals surface area (Å²) in [7, 11) is -3.56. The third-order valence-corrected chi connectivity index (χ3v) is 6.96. The molecule has 0 saturated heterocycles. The van der Waals surface area contributed by atoms with E-state index in [-0.39, 0.29) is 0 Å². The maximum atomic E-state index is 13.1. The second-order valence-corrected chi connectivity index (χ2v) is 8.36. The Labute approximate surface area is 140 Å². The van der Waals surface area contributed by atoms with Crippen molar-refractivity contribution < 1.29 is 8.42 Å². The van der Waals surface area contributed by atoms with Crippen molar-refractivity contribution in [1.82, 2.24) is 0 Å². The Morgan fingerprint density at radius 3 is 2.55 bits per heavy atom. The van der Waals surface area contributed by atoms with E-state index >= 15 is 0 Å². The molecule has 1 aliphatic heterocycles. The molecule has 0 aromatic heterocycles. The lowest BCUT2D eigenvalue weighted by atomic mass is 10.0. The minimum absolute atomic E-state index is 0.340. The topological polar surface area (TPSA) is 37.4 Å². The summed E-state index contributed by atoms with van der Waals surface area (Å²) in [5.74, 6) is 0. The number of benzene rings is 2. The number of aryl methyl sites for hydroxylation is 3. The Morgan fingerprint density at radius 2 is 1.77 bits per heavy atom. The average Bonchev–Trinajstić information content (AvgIpc) is 2.50. The number of hydrogen-bond acceptors (Lipinski definition) is 2. The molecule has 0 N–H and O–H groups in total. The highest BCUT2D eigenvalue weighted by molar-refractivity contribution is 9.10. The molecule has 2 aromatic rings. The summed E-state index contributed by atoms with van der Waals surface area (Å²) in [6, 6.07) is 11.4. The number of halogens is 1. The van der Waals surface area contributed by atoms with E-state index in [9.17, 15) is 8.42 Å². The predicted molar refractivity (Wildman–Crippen MR) is 92.9 cm³/mol. The normalized spacial score (nSPS) is 14.8. The Morgan fingerprint density at radius 1 is 1.09 bits per heavy atom. The summed E-state index contributed by atoms with van der Waals surface area (Å²) in [6.07, 6.45) is 1.77. The monoisotopic (exact) mass is 379 g/mol. The zero-order chi connectivity index (χ0) is 15.9. The molecule has 2 aromatic carbocycles. The van der Waals surface area contributed by atoms with Crippen molar-refractivity contribution in [3.63, 3.8) is 0 Å². The lowest BCUT2D eigenvalue weighted by Gasteiger charge is -2.31. The molecule has 0 saturated carbocycles. The van der Waals surface area contributed by atoms with E-state index in [1.54, 1.807) is 10.4 Å². The summed E-state index contributed by atoms with van der Waals surface area (Å²) in [5, 5.41) is 0. The van der Waals surface area contributed by atoms with Gasteiger partial charge in [0, 0.05) is 11.0 Å². The van der Waals surface area contributed by atoms with Crippen LogP contribution in [0.5, 0.6) is 0 Å². The number of nitrogens with zero attached hydrogens (tertiary/aromatic N) is 1. The molecular formula is C17H18BrNO2S. The zero-order valence-electron chi connectivity index (χ0n) is 12.6. The maximum Gasteiger partial charge on any atom is 0.265 e. The predicted octanol–water partition coefficient (Wildman–Crippen LogP) is 4.21. The lowest BCUT2D eigenvalue weighted by molar-refractivity contribution is 0.586. The van der Waals surface area contributed by atoms with Gasteiger partial charge in [0.05, 0.1) is 5.69 Å². The highest BCUT2D eigenvalue weighted by Gasteiger charge is 2.30. The zero-order valence-corrected chi connectivity index (χ0v) is 15.0. The SMILES string of the molecule is Cc1cc(Br)c(S(=O)(=O)N2CCCc3ccccc32)cc1C. The van der Waals surface area contributed by atoms with E-state index in [0.29, 0.717) is 15.9 Å². The first-order valence-electron chi connectivity index (χ1n) is 7.28. The maximum absolute atomic E-state index is 13.1. The van der Waals surface area contributed by atoms with Gasteiger partial charge < -0.3 is 0 Å². The molecule has 3 rings (SSSR count). The van der Waals surface area contributed by atoms with Crippen molar-refractivity contribution in [2.75, 3.05) is 10.8 Å². The van der Waals surface area contributed by atoms with Crippen LogP contribution in [0.15, 0.2) is 45.8 Å². The Bertz CT molecular complexity index is 831. The van der Waals surface area contributed by atoms with Crippen LogP contribution in [0.4, 0.5) is 5.69 Å². The second-order valence-electron chi connectivity index (χ2n) is 5.68. The minimum Gasteiger partial charge on any atom is -0.266 e. The van der Waals surface area contributed by atoms with Gasteiger partial charge in [-0.2, -0.15) is 0 Å². The number of rotatable bonds is 2. The third-order valence-electron chi connectivity index (χ3n) is 4.18. The fourth-order valence-corrected chi connectivity index (χ4v) is 5.57. The number of para-hydroxylation sites is 1. The van der Waals surface area contributed by atoms with E-state index in [1.165, 1.54) is 0 Å². The van der Waals surface area contributed by atoms with Crippen molar-refractivity contribution in [3.8, 4) is 0 Å². The van der Waals surface area contributed by atoms with Crippen molar-refractivity contribution in [1.29, 1.82) is 0 Å². The van der Waals surface area contributed by atoms with Gasteiger partial charge in [-0.25, -0.2) is 8.42 Å². The molecule has 0 atom stereocenters. The Hall–Kier alpha value is -1.33. The lowest BCUT2D eigenvalue weighted by Crippen LogP contribution is -2.35. The van der Waals surface area contributed by atoms with Crippen LogP contribution < -0.4 is 4.31 Å². The smallest absolute Gasteiger partial charge is 0.265 e. The van der Waals surface area contributed by atoms with Crippen LogP contribution in [0.3, 0.4) is 0 Å². The van der Waals surface area contributed by atoms with Crippen LogP contribution in [0.1, 0.15) is 23.1 Å². The van der Waals surface area contributed by atoms with E-state index in [1.807, 2.05) is 44.2 Å². The van der Waals surface area contributed by atoms with Gasteiger partial charge in [-0.05, 0) is 77.5 Å². The summed E-state index contributed by atoms with van der Waals surface area (Å²) in [4.78, 5) is 0.340. The quantitative estimate of drug-likeness (QED) is 0.783. The molecule has 1 aliphatic rings. The van der Waals surface area contributed by atoms with Crippen LogP contribution >= 0.6 is 15.9 Å². The van der Waals surface area contributed by atoms with Gasteiger partial charge in [0.2, 0.25) is 0 Å². The highest BCUT2D eigenvalue weighted by Crippen LogP contribution is 2.35. The van der Waals surface area contributed by atoms with Gasteiger partial charge >= 0.3 is 0 Å². The minimum atomic E-state index is -3.56. The van der Waals surface area contributed by atoms with E-state index in [2.05, 4.69) is 15.9 Å². The molecule has 0 spiro atoms. The van der Waals surface area contributed by atoms with Crippen molar-refractivity contribution in [2.24, 2.45) is 0 Å². The summed E-state index contributed by atoms with van der Waals surface area (Å²) < 4.78 is 28.4. The van der Waals surface area contributed by atoms with Crippen LogP contribution in [0, 0.1) is 13.8 Å². The van der Waals surface area contributed by atoms with Gasteiger partial charge in [-0.15, -0.1) is 0 Å². The number of fused-ring (bicyclic) bond motifs is 1. The van der Waals surface area contributed by atoms with Crippen molar-refractivity contribution in [2.45, 2.75) is 31.6 Å². The number of sulfonamides is 1. The summed E-state index contributed by atoms with van der Waals surface area (Å²) in [5.41, 5.74) is 3.95. The van der Waals surface area contributed by atoms with E-state index in [0.717, 1.165) is 35.2 Å². The molecule has 5 heteroatoms. The molecule has 22 heavy (non-hydrogen) atoms. The molecule has 116 valence electrons. The first-order valence-corrected chi connectivity index (χ1v) is 9.52. The van der Waals surface area contributed by atoms with Gasteiger partial charge in [0.1, 0.15) is 4.90 Å². The molecule has 0 amide bonds. The third kappa shape index (κ3) is 2.57. The molecule has 1 heterocycles. The molecule has 0 bridgehead atoms. The molecular weight excluding hydrogens is 362 g/mol. The molecule has 0 radical (unpaired) electrons. The second kappa shape index (κ2) is 5.70. The van der Waals surface area contributed by atoms with Crippen LogP contribution in [-0.4, -0.2) is 15.0 Å². The standard InChI is InChI=1S/C17H18BrNO2S/c1-12-10-15(18)17(11-13(12)2)22(20,21)19-9-5-7-14-6-3-4-8-16(14)19/h3-4,6,8,10-11H,5,7,9H2,1-2H3. The van der Waals surface area contributed by atoms with Crippen LogP contribution in [-0.2, 0) is 16.4 Å². The van der Waals surface area contributed by atoms with Gasteiger partial charge in [0.15, 0.2) is 0 Å². The van der Waals surface area contributed by atoms with E-state index < -0.39 is 10.0 Å². The Balaban J connectivity index is 2.14. The first-order chi connectivity index (χ1) is 10.4. The number of hydrogen-bond donors (Lipinski definition) is 0. The molecule has 3 nitrogen and oxygen atoms in total. The number of anilines is 1. The van der Waals surface area contributed by atoms with Crippen LogP contribution in [0.25, 0.3) is 0 Å². The molecule has 0 aliphatic carbocycles. The van der Waals surface area contributed by atoms with Crippen molar-refractivity contribution >= 4 is 31.6 Å². The fraction of sp³-hybridized carbons (Fsp3) is 0.294. The molecule has 0 unspecified atom stereocenters. The van der Waals surface area contributed by atoms with Crippen molar-refractivity contribution in [3.05, 3.63) is 57.6 Å². The van der Waals surface area contributed by atoms with E-state index in [4.69, 9.17) is 0 Å². The largest absolute Gasteiger partial charge is 0.266 e. The first kappa shape index (κ1) is 15.6. The fourth-order valence-electron chi connectivity index (χ4n) is 2.82. The Kier molecular flexibility index (Phi) is 4.03. The van der Waals surface area contributed by atoms with Gasteiger partial charge in [0.25, 0.3) is 10.0 Å².